The van der Waals surface area contributed by atoms with E-state index in [0.29, 0.717) is 6.42 Å². The number of nitrogens with zero attached hydrogens (tertiary/aromatic N) is 1. The zero-order valence-corrected chi connectivity index (χ0v) is 10.4. The van der Waals surface area contributed by atoms with Crippen molar-refractivity contribution in [2.75, 3.05) is 7.11 Å². The van der Waals surface area contributed by atoms with Crippen LogP contribution in [0.3, 0.4) is 0 Å². The lowest BCUT2D eigenvalue weighted by molar-refractivity contribution is -0.146. The molecule has 15 heavy (non-hydrogen) atoms. The molecule has 0 bridgehead atoms. The van der Waals surface area contributed by atoms with Crippen LogP contribution in [0.2, 0.25) is 0 Å². The Morgan fingerprint density at radius 3 is 2.67 bits per heavy atom. The number of esters is 1. The van der Waals surface area contributed by atoms with Gasteiger partial charge in [0.2, 0.25) is 0 Å². The highest BCUT2D eigenvalue weighted by molar-refractivity contribution is 7.09. The van der Waals surface area contributed by atoms with Crippen LogP contribution in [-0.4, -0.2) is 18.1 Å². The Labute approximate surface area is 94.5 Å². The van der Waals surface area contributed by atoms with E-state index < -0.39 is 0 Å². The third kappa shape index (κ3) is 3.30. The Kier molecular flexibility index (Phi) is 4.27. The van der Waals surface area contributed by atoms with Crippen LogP contribution in [0.15, 0.2) is 5.38 Å². The largest absolute Gasteiger partial charge is 0.469 e. The fraction of sp³-hybridized carbons (Fsp3) is 0.636. The van der Waals surface area contributed by atoms with Crippen LogP contribution in [-0.2, 0) is 16.0 Å². The number of ether oxygens (including phenoxy) is 1. The summed E-state index contributed by atoms with van der Waals surface area (Å²) < 4.78 is 4.79. The number of thiazole rings is 1. The first-order valence-electron chi connectivity index (χ1n) is 5.03. The molecule has 0 radical (unpaired) electrons. The lowest BCUT2D eigenvalue weighted by Gasteiger charge is -2.16. The van der Waals surface area contributed by atoms with E-state index >= 15 is 0 Å². The smallest absolute Gasteiger partial charge is 0.309 e. The van der Waals surface area contributed by atoms with Crippen LogP contribution < -0.4 is 0 Å². The third-order valence-corrected chi connectivity index (χ3v) is 3.36. The minimum atomic E-state index is -0.141. The number of carbonyl (C=O) groups excluding carboxylic acids is 1. The van der Waals surface area contributed by atoms with Crippen molar-refractivity contribution < 1.29 is 9.53 Å². The molecule has 1 heterocycles. The Bertz CT molecular complexity index is 333. The molecule has 3 nitrogen and oxygen atoms in total. The van der Waals surface area contributed by atoms with Gasteiger partial charge >= 0.3 is 5.97 Å². The van der Waals surface area contributed by atoms with E-state index in [0.717, 1.165) is 10.7 Å². The van der Waals surface area contributed by atoms with Gasteiger partial charge in [0.05, 0.1) is 18.0 Å². The molecule has 0 amide bonds. The molecule has 1 rings (SSSR count). The lowest BCUT2D eigenvalue weighted by Crippen LogP contribution is -2.23. The average molecular weight is 227 g/mol. The number of hydrogen-bond acceptors (Lipinski definition) is 4. The van der Waals surface area contributed by atoms with Gasteiger partial charge in [0.1, 0.15) is 0 Å². The highest BCUT2D eigenvalue weighted by Crippen LogP contribution is 2.20. The van der Waals surface area contributed by atoms with E-state index in [1.807, 2.05) is 26.2 Å². The van der Waals surface area contributed by atoms with E-state index in [-0.39, 0.29) is 17.8 Å². The number of methoxy groups -OCH3 is 1. The summed E-state index contributed by atoms with van der Waals surface area (Å²) >= 11 is 1.60. The quantitative estimate of drug-likeness (QED) is 0.742. The van der Waals surface area contributed by atoms with Crippen molar-refractivity contribution in [2.45, 2.75) is 27.2 Å². The molecule has 1 atom stereocenters. The molecule has 0 aliphatic rings. The molecule has 4 heteroatoms. The van der Waals surface area contributed by atoms with Gasteiger partial charge in [-0.2, -0.15) is 0 Å². The molecule has 0 fully saturated rings. The normalized spacial score (nSPS) is 12.9. The van der Waals surface area contributed by atoms with Crippen LogP contribution in [0.4, 0.5) is 0 Å². The molecule has 0 aliphatic heterocycles. The third-order valence-electron chi connectivity index (χ3n) is 2.37. The molecular weight excluding hydrogens is 210 g/mol. The van der Waals surface area contributed by atoms with Gasteiger partial charge < -0.3 is 4.74 Å². The average Bonchev–Trinajstić information content (AvgIpc) is 2.59. The van der Waals surface area contributed by atoms with Crippen LogP contribution >= 0.6 is 11.3 Å². The Morgan fingerprint density at radius 1 is 1.60 bits per heavy atom. The topological polar surface area (TPSA) is 39.2 Å². The summed E-state index contributed by atoms with van der Waals surface area (Å²) in [6.45, 7) is 6.02. The van der Waals surface area contributed by atoms with Crippen molar-refractivity contribution in [2.24, 2.45) is 11.8 Å². The second-order valence-electron chi connectivity index (χ2n) is 3.96. The van der Waals surface area contributed by atoms with Crippen molar-refractivity contribution in [3.8, 4) is 0 Å². The van der Waals surface area contributed by atoms with E-state index in [9.17, 15) is 4.79 Å². The second kappa shape index (κ2) is 5.26. The predicted octanol–water partition coefficient (Wildman–Crippen LogP) is 2.44. The van der Waals surface area contributed by atoms with Gasteiger partial charge in [0.15, 0.2) is 0 Å². The van der Waals surface area contributed by atoms with Crippen LogP contribution in [0, 0.1) is 18.8 Å². The molecule has 84 valence electrons. The van der Waals surface area contributed by atoms with Crippen LogP contribution in [0.5, 0.6) is 0 Å². The summed E-state index contributed by atoms with van der Waals surface area (Å²) in [6, 6.07) is 0. The van der Waals surface area contributed by atoms with Crippen molar-refractivity contribution in [1.82, 2.24) is 4.98 Å². The molecular formula is C11H17NO2S. The van der Waals surface area contributed by atoms with E-state index in [1.54, 1.807) is 11.3 Å². The Morgan fingerprint density at radius 2 is 2.27 bits per heavy atom. The van der Waals surface area contributed by atoms with Crippen molar-refractivity contribution in [3.05, 3.63) is 16.1 Å². The molecule has 0 saturated heterocycles. The summed E-state index contributed by atoms with van der Waals surface area (Å²) in [5.74, 6) is 0.0556. The zero-order chi connectivity index (χ0) is 11.4. The van der Waals surface area contributed by atoms with Crippen molar-refractivity contribution in [3.63, 3.8) is 0 Å². The highest BCUT2D eigenvalue weighted by Gasteiger charge is 2.24. The number of rotatable bonds is 4. The van der Waals surface area contributed by atoms with Gasteiger partial charge in [0.25, 0.3) is 0 Å². The maximum Gasteiger partial charge on any atom is 0.309 e. The molecule has 0 aliphatic carbocycles. The fourth-order valence-electron chi connectivity index (χ4n) is 1.43. The minimum absolute atomic E-state index is 0.0828. The summed E-state index contributed by atoms with van der Waals surface area (Å²) in [5, 5.41) is 3.01. The first-order valence-corrected chi connectivity index (χ1v) is 5.91. The van der Waals surface area contributed by atoms with E-state index in [2.05, 4.69) is 4.98 Å². The summed E-state index contributed by atoms with van der Waals surface area (Å²) in [4.78, 5) is 15.9. The van der Waals surface area contributed by atoms with Crippen LogP contribution in [0.1, 0.15) is 24.5 Å². The van der Waals surface area contributed by atoms with Gasteiger partial charge in [-0.3, -0.25) is 4.79 Å². The number of aryl methyl sites for hydroxylation is 1. The molecule has 1 aromatic heterocycles. The monoisotopic (exact) mass is 227 g/mol. The zero-order valence-electron chi connectivity index (χ0n) is 9.61. The van der Waals surface area contributed by atoms with Crippen molar-refractivity contribution >= 4 is 17.3 Å². The summed E-state index contributed by atoms with van der Waals surface area (Å²) in [5.41, 5.74) is 1.02. The van der Waals surface area contributed by atoms with Crippen molar-refractivity contribution in [1.29, 1.82) is 0 Å². The molecule has 0 saturated carbocycles. The first-order chi connectivity index (χ1) is 7.04. The standard InChI is InChI=1S/C11H17NO2S/c1-7(2)9(11(13)14-4)5-10-12-8(3)6-15-10/h6-7,9H,5H2,1-4H3. The molecule has 0 N–H and O–H groups in total. The Balaban J connectivity index is 2.71. The van der Waals surface area contributed by atoms with Crippen LogP contribution in [0.25, 0.3) is 0 Å². The number of carbonyl (C=O) groups is 1. The summed E-state index contributed by atoms with van der Waals surface area (Å²) in [7, 11) is 1.44. The minimum Gasteiger partial charge on any atom is -0.469 e. The van der Waals surface area contributed by atoms with Gasteiger partial charge in [0, 0.05) is 17.5 Å². The predicted molar refractivity (Wildman–Crippen MR) is 60.9 cm³/mol. The molecule has 1 aromatic rings. The van der Waals surface area contributed by atoms with E-state index in [4.69, 9.17) is 4.74 Å². The number of hydrogen-bond donors (Lipinski definition) is 0. The maximum atomic E-state index is 11.5. The first kappa shape index (κ1) is 12.2. The fourth-order valence-corrected chi connectivity index (χ4v) is 2.26. The second-order valence-corrected chi connectivity index (χ2v) is 4.90. The summed E-state index contributed by atoms with van der Waals surface area (Å²) in [6.07, 6.45) is 0.683. The van der Waals surface area contributed by atoms with Gasteiger partial charge in [-0.05, 0) is 12.8 Å². The van der Waals surface area contributed by atoms with E-state index in [1.165, 1.54) is 7.11 Å². The maximum absolute atomic E-state index is 11.5. The Hall–Kier alpha value is -0.900. The molecule has 0 aromatic carbocycles. The van der Waals surface area contributed by atoms with Gasteiger partial charge in [-0.15, -0.1) is 11.3 Å². The SMILES string of the molecule is COC(=O)C(Cc1nc(C)cs1)C(C)C. The lowest BCUT2D eigenvalue weighted by atomic mass is 9.93. The highest BCUT2D eigenvalue weighted by atomic mass is 32.1. The number of aromatic nitrogens is 1. The van der Waals surface area contributed by atoms with Gasteiger partial charge in [-0.1, -0.05) is 13.8 Å². The van der Waals surface area contributed by atoms with Gasteiger partial charge in [-0.25, -0.2) is 4.98 Å². The molecule has 0 spiro atoms. The molecule has 1 unspecified atom stereocenters.